The van der Waals surface area contributed by atoms with E-state index in [1.165, 1.54) is 4.52 Å². The van der Waals surface area contributed by atoms with Crippen LogP contribution in [0.4, 0.5) is 19.4 Å². The van der Waals surface area contributed by atoms with E-state index < -0.39 is 18.1 Å². The fourth-order valence-electron chi connectivity index (χ4n) is 4.85. The summed E-state index contributed by atoms with van der Waals surface area (Å²) in [5, 5.41) is 7.49. The third-order valence-corrected chi connectivity index (χ3v) is 7.11. The van der Waals surface area contributed by atoms with Gasteiger partial charge in [-0.25, -0.2) is 23.1 Å². The van der Waals surface area contributed by atoms with E-state index in [4.69, 9.17) is 26.1 Å². The van der Waals surface area contributed by atoms with E-state index >= 15 is 0 Å². The van der Waals surface area contributed by atoms with E-state index in [9.17, 15) is 13.6 Å². The van der Waals surface area contributed by atoms with Crippen LogP contribution in [0.3, 0.4) is 0 Å². The third-order valence-electron chi connectivity index (χ3n) is 6.86. The van der Waals surface area contributed by atoms with Gasteiger partial charge in [-0.15, -0.1) is 11.6 Å². The molecule has 1 amide bonds. The van der Waals surface area contributed by atoms with Gasteiger partial charge in [0.05, 0.1) is 37.0 Å². The number of alkyl halides is 3. The Bertz CT molecular complexity index is 1210. The van der Waals surface area contributed by atoms with Gasteiger partial charge in [0.2, 0.25) is 5.92 Å². The molecule has 3 heterocycles. The number of nitrogens with zero attached hydrogens (tertiary/aromatic N) is 5. The number of fused-ring (bicyclic) bond motifs is 1. The molecule has 0 spiro atoms. The minimum absolute atomic E-state index is 0.0956. The van der Waals surface area contributed by atoms with Crippen LogP contribution in [0.15, 0.2) is 36.5 Å². The van der Waals surface area contributed by atoms with Crippen molar-refractivity contribution in [3.05, 3.63) is 53.5 Å². The van der Waals surface area contributed by atoms with E-state index in [0.717, 1.165) is 5.56 Å². The first kappa shape index (κ1) is 25.6. The van der Waals surface area contributed by atoms with Gasteiger partial charge in [-0.2, -0.15) is 10.1 Å². The number of ether oxygens (including phenoxy) is 2. The molecular weight excluding hydrogens is 506 g/mol. The van der Waals surface area contributed by atoms with Crippen LogP contribution < -0.4 is 10.2 Å². The summed E-state index contributed by atoms with van der Waals surface area (Å²) in [6.07, 6.45) is 1.05. The molecule has 0 radical (unpaired) electrons. The molecule has 12 heteroatoms. The van der Waals surface area contributed by atoms with Crippen molar-refractivity contribution in [2.45, 2.75) is 50.1 Å². The van der Waals surface area contributed by atoms with Gasteiger partial charge in [0.25, 0.3) is 5.78 Å². The van der Waals surface area contributed by atoms with Crippen molar-refractivity contribution >= 4 is 29.3 Å². The fraction of sp³-hybridized carbons (Fsp3) is 0.520. The van der Waals surface area contributed by atoms with E-state index in [-0.39, 0.29) is 44.1 Å². The lowest BCUT2D eigenvalue weighted by Gasteiger charge is -2.33. The first-order valence-electron chi connectivity index (χ1n) is 12.4. The Morgan fingerprint density at radius 3 is 2.62 bits per heavy atom. The molecule has 1 aromatic carbocycles. The number of rotatable bonds is 7. The normalized spacial score (nSPS) is 19.1. The highest BCUT2D eigenvalue weighted by atomic mass is 35.5. The minimum Gasteiger partial charge on any atom is -0.445 e. The molecule has 2 aromatic heterocycles. The second-order valence-electron chi connectivity index (χ2n) is 9.40. The molecule has 2 aliphatic rings. The van der Waals surface area contributed by atoms with Crippen molar-refractivity contribution in [1.82, 2.24) is 24.9 Å². The van der Waals surface area contributed by atoms with E-state index in [1.807, 2.05) is 30.3 Å². The van der Waals surface area contributed by atoms with Crippen LogP contribution >= 0.6 is 11.6 Å². The number of aromatic nitrogens is 4. The zero-order chi connectivity index (χ0) is 25.8. The molecule has 1 saturated carbocycles. The number of halogens is 3. The van der Waals surface area contributed by atoms with Gasteiger partial charge in [0.15, 0.2) is 5.82 Å². The van der Waals surface area contributed by atoms with Gasteiger partial charge in [0.1, 0.15) is 12.3 Å². The topological polar surface area (TPSA) is 93.9 Å². The molecule has 198 valence electrons. The summed E-state index contributed by atoms with van der Waals surface area (Å²) < 4.78 is 40.2. The van der Waals surface area contributed by atoms with Crippen LogP contribution in [0, 0.1) is 5.92 Å². The van der Waals surface area contributed by atoms with E-state index in [2.05, 4.69) is 20.3 Å². The lowest BCUT2D eigenvalue weighted by atomic mass is 9.81. The number of hydrogen-bond donors (Lipinski definition) is 1. The van der Waals surface area contributed by atoms with Crippen LogP contribution in [0.2, 0.25) is 0 Å². The molecule has 37 heavy (non-hydrogen) atoms. The lowest BCUT2D eigenvalue weighted by molar-refractivity contribution is -0.0497. The van der Waals surface area contributed by atoms with Crippen molar-refractivity contribution in [2.24, 2.45) is 5.92 Å². The number of amides is 1. The molecule has 1 aliphatic carbocycles. The Kier molecular flexibility index (Phi) is 7.71. The SMILES string of the molecule is O=C(N[C@H](c1cn2nc(CCl)c(N3CCOCC3)nc2n1)C1CCC(F)(F)CC1)OCc1ccccc1. The maximum Gasteiger partial charge on any atom is 0.408 e. The van der Waals surface area contributed by atoms with Crippen molar-refractivity contribution in [1.29, 1.82) is 0 Å². The Labute approximate surface area is 218 Å². The van der Waals surface area contributed by atoms with Gasteiger partial charge in [-0.05, 0) is 24.3 Å². The largest absolute Gasteiger partial charge is 0.445 e. The molecule has 1 atom stereocenters. The number of anilines is 1. The second-order valence-corrected chi connectivity index (χ2v) is 9.67. The first-order valence-corrected chi connectivity index (χ1v) is 13.0. The zero-order valence-corrected chi connectivity index (χ0v) is 21.0. The number of nitrogens with one attached hydrogen (secondary N) is 1. The first-order chi connectivity index (χ1) is 17.9. The Morgan fingerprint density at radius 1 is 1.19 bits per heavy atom. The van der Waals surface area contributed by atoms with Crippen molar-refractivity contribution < 1.29 is 23.0 Å². The minimum atomic E-state index is -2.70. The molecule has 0 unspecified atom stereocenters. The van der Waals surface area contributed by atoms with Crippen LogP contribution in [0.5, 0.6) is 0 Å². The molecule has 2 fully saturated rings. The summed E-state index contributed by atoms with van der Waals surface area (Å²) in [4.78, 5) is 24.2. The summed E-state index contributed by atoms with van der Waals surface area (Å²) in [6.45, 7) is 2.58. The highest BCUT2D eigenvalue weighted by molar-refractivity contribution is 6.17. The van der Waals surface area contributed by atoms with Crippen LogP contribution in [-0.2, 0) is 22.0 Å². The summed E-state index contributed by atoms with van der Waals surface area (Å²) in [6, 6.07) is 8.68. The maximum absolute atomic E-state index is 13.9. The smallest absolute Gasteiger partial charge is 0.408 e. The number of carbonyl (C=O) groups is 1. The molecule has 1 saturated heterocycles. The Balaban J connectivity index is 1.40. The highest BCUT2D eigenvalue weighted by Gasteiger charge is 2.39. The summed E-state index contributed by atoms with van der Waals surface area (Å²) in [5.41, 5.74) is 1.94. The predicted octanol–water partition coefficient (Wildman–Crippen LogP) is 4.49. The van der Waals surface area contributed by atoms with Crippen molar-refractivity contribution in [3.63, 3.8) is 0 Å². The zero-order valence-electron chi connectivity index (χ0n) is 20.3. The van der Waals surface area contributed by atoms with Crippen LogP contribution in [0.1, 0.15) is 48.7 Å². The van der Waals surface area contributed by atoms with Crippen LogP contribution in [-0.4, -0.2) is 57.9 Å². The molecule has 1 N–H and O–H groups in total. The number of alkyl carbamates (subject to hydrolysis) is 1. The van der Waals surface area contributed by atoms with E-state index in [1.54, 1.807) is 6.20 Å². The number of imidazole rings is 1. The number of benzene rings is 1. The molecular formula is C25H29ClF2N6O3. The molecule has 5 rings (SSSR count). The third kappa shape index (κ3) is 6.10. The Hall–Kier alpha value is -3.05. The van der Waals surface area contributed by atoms with Crippen LogP contribution in [0.25, 0.3) is 5.78 Å². The fourth-order valence-corrected chi connectivity index (χ4v) is 5.02. The predicted molar refractivity (Wildman–Crippen MR) is 133 cm³/mol. The lowest BCUT2D eigenvalue weighted by Crippen LogP contribution is -2.37. The maximum atomic E-state index is 13.9. The highest BCUT2D eigenvalue weighted by Crippen LogP contribution is 2.41. The molecule has 3 aromatic rings. The quantitative estimate of drug-likeness (QED) is 0.446. The molecule has 1 aliphatic heterocycles. The van der Waals surface area contributed by atoms with Gasteiger partial charge < -0.3 is 19.7 Å². The summed E-state index contributed by atoms with van der Waals surface area (Å²) in [7, 11) is 0. The second kappa shape index (κ2) is 11.1. The monoisotopic (exact) mass is 534 g/mol. The van der Waals surface area contributed by atoms with Gasteiger partial charge >= 0.3 is 6.09 Å². The average Bonchev–Trinajstić information content (AvgIpc) is 3.34. The summed E-state index contributed by atoms with van der Waals surface area (Å²) >= 11 is 6.18. The standard InChI is InChI=1S/C25H29ClF2N6O3/c26-14-19-22(33-10-12-36-13-11-33)31-23-29-20(15-34(23)32-19)21(18-6-8-25(27,28)9-7-18)30-24(35)37-16-17-4-2-1-3-5-17/h1-5,15,18,21H,6-14,16H2,(H,30,35)/t21-/m0/s1. The molecule has 9 nitrogen and oxygen atoms in total. The van der Waals surface area contributed by atoms with Crippen molar-refractivity contribution in [2.75, 3.05) is 31.2 Å². The van der Waals surface area contributed by atoms with Crippen molar-refractivity contribution in [3.8, 4) is 0 Å². The Morgan fingerprint density at radius 2 is 1.92 bits per heavy atom. The van der Waals surface area contributed by atoms with E-state index in [0.29, 0.717) is 49.3 Å². The number of hydrogen-bond acceptors (Lipinski definition) is 7. The number of carbonyl (C=O) groups excluding carboxylic acids is 1. The van der Waals surface area contributed by atoms with Gasteiger partial charge in [-0.3, -0.25) is 0 Å². The van der Waals surface area contributed by atoms with Gasteiger partial charge in [0, 0.05) is 25.9 Å². The molecule has 0 bridgehead atoms. The number of morpholine rings is 1. The van der Waals surface area contributed by atoms with Gasteiger partial charge in [-0.1, -0.05) is 30.3 Å². The average molecular weight is 535 g/mol. The summed E-state index contributed by atoms with van der Waals surface area (Å²) in [5.74, 6) is -1.78.